The molecule has 2 amide bonds. The fourth-order valence-electron chi connectivity index (χ4n) is 2.86. The minimum Gasteiger partial charge on any atom is -0.497 e. The molecule has 0 spiro atoms. The maximum absolute atomic E-state index is 12.7. The normalized spacial score (nSPS) is 14.3. The van der Waals surface area contributed by atoms with Crippen molar-refractivity contribution in [2.75, 3.05) is 33.3 Å². The molecule has 0 atom stereocenters. The van der Waals surface area contributed by atoms with Crippen LogP contribution in [-0.2, 0) is 0 Å². The Hall–Kier alpha value is -2.05. The van der Waals surface area contributed by atoms with Crippen molar-refractivity contribution in [3.63, 3.8) is 0 Å². The van der Waals surface area contributed by atoms with Gasteiger partial charge in [0.15, 0.2) is 0 Å². The molecule has 7 heteroatoms. The highest BCUT2D eigenvalue weighted by Crippen LogP contribution is 2.23. The molecule has 2 aromatic carbocycles. The first-order chi connectivity index (χ1) is 12.5. The van der Waals surface area contributed by atoms with E-state index in [4.69, 9.17) is 16.3 Å². The molecule has 0 radical (unpaired) electrons. The van der Waals surface area contributed by atoms with Crippen molar-refractivity contribution < 1.29 is 14.3 Å². The van der Waals surface area contributed by atoms with Crippen LogP contribution in [0.5, 0.6) is 5.75 Å². The van der Waals surface area contributed by atoms with Gasteiger partial charge in [0, 0.05) is 36.2 Å². The molecule has 136 valence electrons. The SMILES string of the molecule is COc1ccc(C(=O)N2CCN(C(=O)c3cc(Br)ccc3Cl)CC2)cc1. The second-order valence-electron chi connectivity index (χ2n) is 5.94. The summed E-state index contributed by atoms with van der Waals surface area (Å²) in [6.45, 7) is 1.93. The van der Waals surface area contributed by atoms with E-state index in [9.17, 15) is 9.59 Å². The highest BCUT2D eigenvalue weighted by molar-refractivity contribution is 9.10. The number of benzene rings is 2. The fraction of sp³-hybridized carbons (Fsp3) is 0.263. The van der Waals surface area contributed by atoms with E-state index in [0.29, 0.717) is 48.1 Å². The smallest absolute Gasteiger partial charge is 0.255 e. The van der Waals surface area contributed by atoms with E-state index in [1.54, 1.807) is 59.4 Å². The number of ether oxygens (including phenoxy) is 1. The molecule has 0 unspecified atom stereocenters. The summed E-state index contributed by atoms with van der Waals surface area (Å²) in [7, 11) is 1.59. The Bertz CT molecular complexity index is 818. The number of hydrogen-bond donors (Lipinski definition) is 0. The molecule has 1 heterocycles. The van der Waals surface area contributed by atoms with Gasteiger partial charge in [-0.1, -0.05) is 27.5 Å². The van der Waals surface area contributed by atoms with Gasteiger partial charge in [-0.15, -0.1) is 0 Å². The second-order valence-corrected chi connectivity index (χ2v) is 7.26. The molecule has 0 bridgehead atoms. The van der Waals surface area contributed by atoms with E-state index in [2.05, 4.69) is 15.9 Å². The number of nitrogens with zero attached hydrogens (tertiary/aromatic N) is 2. The summed E-state index contributed by atoms with van der Waals surface area (Å²) in [6, 6.07) is 12.2. The van der Waals surface area contributed by atoms with Crippen LogP contribution in [0.2, 0.25) is 5.02 Å². The van der Waals surface area contributed by atoms with E-state index in [-0.39, 0.29) is 11.8 Å². The summed E-state index contributed by atoms with van der Waals surface area (Å²) in [5.74, 6) is 0.552. The molecular formula is C19H18BrClN2O3. The van der Waals surface area contributed by atoms with Gasteiger partial charge < -0.3 is 14.5 Å². The van der Waals surface area contributed by atoms with Crippen LogP contribution in [0.1, 0.15) is 20.7 Å². The van der Waals surface area contributed by atoms with Crippen LogP contribution in [-0.4, -0.2) is 54.9 Å². The first-order valence-corrected chi connectivity index (χ1v) is 9.34. The number of piperazine rings is 1. The molecule has 1 aliphatic heterocycles. The van der Waals surface area contributed by atoms with Gasteiger partial charge >= 0.3 is 0 Å². The third-order valence-electron chi connectivity index (χ3n) is 4.35. The van der Waals surface area contributed by atoms with E-state index in [0.717, 1.165) is 4.47 Å². The topological polar surface area (TPSA) is 49.9 Å². The predicted octanol–water partition coefficient (Wildman–Crippen LogP) is 3.71. The number of hydrogen-bond acceptors (Lipinski definition) is 3. The Morgan fingerprint density at radius 3 is 2.12 bits per heavy atom. The lowest BCUT2D eigenvalue weighted by Crippen LogP contribution is -2.50. The zero-order valence-corrected chi connectivity index (χ0v) is 16.6. The lowest BCUT2D eigenvalue weighted by atomic mass is 10.1. The summed E-state index contributed by atoms with van der Waals surface area (Å²) < 4.78 is 5.92. The molecule has 1 saturated heterocycles. The lowest BCUT2D eigenvalue weighted by Gasteiger charge is -2.35. The van der Waals surface area contributed by atoms with Gasteiger partial charge in [-0.25, -0.2) is 0 Å². The van der Waals surface area contributed by atoms with Crippen molar-refractivity contribution in [2.24, 2.45) is 0 Å². The maximum atomic E-state index is 12.7. The van der Waals surface area contributed by atoms with Crippen molar-refractivity contribution >= 4 is 39.3 Å². The van der Waals surface area contributed by atoms with Crippen LogP contribution in [0.3, 0.4) is 0 Å². The van der Waals surface area contributed by atoms with Crippen molar-refractivity contribution in [1.29, 1.82) is 0 Å². The average Bonchev–Trinajstić information content (AvgIpc) is 2.69. The quantitative estimate of drug-likeness (QED) is 0.735. The van der Waals surface area contributed by atoms with E-state index in [1.807, 2.05) is 0 Å². The summed E-state index contributed by atoms with van der Waals surface area (Å²) in [5.41, 5.74) is 1.08. The van der Waals surface area contributed by atoms with Crippen LogP contribution in [0.15, 0.2) is 46.9 Å². The molecule has 26 heavy (non-hydrogen) atoms. The molecule has 0 aliphatic carbocycles. The Labute approximate surface area is 165 Å². The van der Waals surface area contributed by atoms with E-state index >= 15 is 0 Å². The van der Waals surface area contributed by atoms with Crippen LogP contribution in [0.25, 0.3) is 0 Å². The minimum atomic E-state index is -0.118. The molecule has 5 nitrogen and oxygen atoms in total. The molecular weight excluding hydrogens is 420 g/mol. The van der Waals surface area contributed by atoms with Crippen molar-refractivity contribution in [2.45, 2.75) is 0 Å². The van der Waals surface area contributed by atoms with Crippen LogP contribution < -0.4 is 4.74 Å². The zero-order valence-electron chi connectivity index (χ0n) is 14.2. The number of halogens is 2. The summed E-state index contributed by atoms with van der Waals surface area (Å²) in [6.07, 6.45) is 0. The van der Waals surface area contributed by atoms with Crippen molar-refractivity contribution in [3.05, 3.63) is 63.1 Å². The monoisotopic (exact) mass is 436 g/mol. The first-order valence-electron chi connectivity index (χ1n) is 8.17. The number of methoxy groups -OCH3 is 1. The predicted molar refractivity (Wildman–Crippen MR) is 104 cm³/mol. The molecule has 0 aromatic heterocycles. The summed E-state index contributed by atoms with van der Waals surface area (Å²) in [5, 5.41) is 0.426. The van der Waals surface area contributed by atoms with E-state index in [1.165, 1.54) is 0 Å². The van der Waals surface area contributed by atoms with Crippen LogP contribution in [0, 0.1) is 0 Å². The van der Waals surface area contributed by atoms with Gasteiger partial charge in [-0.3, -0.25) is 9.59 Å². The highest BCUT2D eigenvalue weighted by Gasteiger charge is 2.26. The lowest BCUT2D eigenvalue weighted by molar-refractivity contribution is 0.0535. The van der Waals surface area contributed by atoms with Crippen LogP contribution >= 0.6 is 27.5 Å². The molecule has 0 N–H and O–H groups in total. The Morgan fingerprint density at radius 2 is 1.54 bits per heavy atom. The van der Waals surface area contributed by atoms with Crippen LogP contribution in [0.4, 0.5) is 0 Å². The number of carbonyl (C=O) groups is 2. The van der Waals surface area contributed by atoms with Gasteiger partial charge in [0.25, 0.3) is 11.8 Å². The third-order valence-corrected chi connectivity index (χ3v) is 5.17. The first kappa shape index (κ1) is 18.7. The van der Waals surface area contributed by atoms with Crippen molar-refractivity contribution in [1.82, 2.24) is 9.80 Å². The average molecular weight is 438 g/mol. The molecule has 2 aromatic rings. The molecule has 0 saturated carbocycles. The third kappa shape index (κ3) is 4.02. The number of carbonyl (C=O) groups excluding carboxylic acids is 2. The maximum Gasteiger partial charge on any atom is 0.255 e. The number of rotatable bonds is 3. The summed E-state index contributed by atoms with van der Waals surface area (Å²) >= 11 is 9.51. The summed E-state index contributed by atoms with van der Waals surface area (Å²) in [4.78, 5) is 28.8. The van der Waals surface area contributed by atoms with Crippen molar-refractivity contribution in [3.8, 4) is 5.75 Å². The molecule has 1 aliphatic rings. The largest absolute Gasteiger partial charge is 0.497 e. The Kier molecular flexibility index (Phi) is 5.84. The van der Waals surface area contributed by atoms with E-state index < -0.39 is 0 Å². The Morgan fingerprint density at radius 1 is 0.962 bits per heavy atom. The standard InChI is InChI=1S/C19H18BrClN2O3/c1-26-15-5-2-13(3-6-15)18(24)22-8-10-23(11-9-22)19(25)16-12-14(20)4-7-17(16)21/h2-7,12H,8-11H2,1H3. The second kappa shape index (κ2) is 8.10. The molecule has 1 fully saturated rings. The zero-order chi connectivity index (χ0) is 18.7. The number of amides is 2. The van der Waals surface area contributed by atoms with Gasteiger partial charge in [-0.05, 0) is 42.5 Å². The van der Waals surface area contributed by atoms with Gasteiger partial charge in [-0.2, -0.15) is 0 Å². The highest BCUT2D eigenvalue weighted by atomic mass is 79.9. The van der Waals surface area contributed by atoms with Gasteiger partial charge in [0.05, 0.1) is 17.7 Å². The fourth-order valence-corrected chi connectivity index (χ4v) is 3.42. The minimum absolute atomic E-state index is 0.0414. The van der Waals surface area contributed by atoms with Gasteiger partial charge in [0.2, 0.25) is 0 Å². The molecule has 3 rings (SSSR count). The Balaban J connectivity index is 1.64. The van der Waals surface area contributed by atoms with Gasteiger partial charge in [0.1, 0.15) is 5.75 Å².